The molecule has 0 amide bonds. The largest absolute Gasteiger partial charge is 0.474 e. The molecule has 0 aliphatic heterocycles. The summed E-state index contributed by atoms with van der Waals surface area (Å²) in [5.74, 6) is -0.239. The van der Waals surface area contributed by atoms with Gasteiger partial charge in [-0.15, -0.1) is 11.3 Å². The van der Waals surface area contributed by atoms with E-state index in [1.54, 1.807) is 16.8 Å². The van der Waals surface area contributed by atoms with Crippen molar-refractivity contribution in [3.05, 3.63) is 16.8 Å². The predicted molar refractivity (Wildman–Crippen MR) is 41.4 cm³/mol. The summed E-state index contributed by atoms with van der Waals surface area (Å²) in [4.78, 5) is 0. The van der Waals surface area contributed by atoms with Crippen molar-refractivity contribution in [1.29, 1.82) is 0 Å². The average Bonchev–Trinajstić information content (AvgIpc) is 2.32. The third kappa shape index (κ3) is 3.35. The molecular weight excluding hydrogens is 188 g/mol. The second-order valence-electron chi connectivity index (χ2n) is 1.80. The van der Waals surface area contributed by atoms with Crippen LogP contribution in [0.25, 0.3) is 0 Å². The molecule has 6 heteroatoms. The molecule has 0 atom stereocenters. The Labute approximate surface area is 68.2 Å². The second-order valence-corrected chi connectivity index (χ2v) is 3.98. The van der Waals surface area contributed by atoms with Gasteiger partial charge in [0.25, 0.3) is 0 Å². The Kier molecular flexibility index (Phi) is 2.48. The minimum Gasteiger partial charge on any atom is -0.474 e. The van der Waals surface area contributed by atoms with Crippen LogP contribution in [0.5, 0.6) is 5.75 Å². The quantitative estimate of drug-likeness (QED) is 0.728. The van der Waals surface area contributed by atoms with Crippen LogP contribution in [-0.4, -0.2) is 18.9 Å². The maximum Gasteiger partial charge on any atom is 0.300 e. The Morgan fingerprint density at radius 2 is 2.36 bits per heavy atom. The molecule has 0 bridgehead atoms. The number of ether oxygens (including phenoxy) is 1. The van der Waals surface area contributed by atoms with Crippen molar-refractivity contribution in [3.63, 3.8) is 0 Å². The standard InChI is InChI=1S/C5H6O4S2/c6-11(7,8)4-9-5-1-2-10-3-5/h1-3H,4H2,(H,6,7,8). The van der Waals surface area contributed by atoms with E-state index in [9.17, 15) is 8.42 Å². The summed E-state index contributed by atoms with van der Waals surface area (Å²) >= 11 is 1.39. The number of thiophene rings is 1. The van der Waals surface area contributed by atoms with Gasteiger partial charge in [0.1, 0.15) is 5.75 Å². The lowest BCUT2D eigenvalue weighted by Gasteiger charge is -1.98. The van der Waals surface area contributed by atoms with Crippen molar-refractivity contribution in [2.45, 2.75) is 0 Å². The van der Waals surface area contributed by atoms with E-state index in [-0.39, 0.29) is 0 Å². The molecule has 0 unspecified atom stereocenters. The summed E-state index contributed by atoms with van der Waals surface area (Å²) < 4.78 is 33.3. The third-order valence-electron chi connectivity index (χ3n) is 0.870. The number of rotatable bonds is 3. The van der Waals surface area contributed by atoms with E-state index in [4.69, 9.17) is 4.55 Å². The van der Waals surface area contributed by atoms with Crippen LogP contribution in [0.4, 0.5) is 0 Å². The van der Waals surface area contributed by atoms with Gasteiger partial charge in [0, 0.05) is 5.38 Å². The second kappa shape index (κ2) is 3.21. The molecule has 1 aromatic rings. The van der Waals surface area contributed by atoms with Crippen LogP contribution < -0.4 is 4.74 Å². The van der Waals surface area contributed by atoms with Gasteiger partial charge in [-0.1, -0.05) is 0 Å². The van der Waals surface area contributed by atoms with Crippen molar-refractivity contribution in [2.24, 2.45) is 0 Å². The molecule has 0 spiro atoms. The Morgan fingerprint density at radius 3 is 2.82 bits per heavy atom. The SMILES string of the molecule is O=S(=O)(O)COc1ccsc1. The first kappa shape index (κ1) is 8.51. The Morgan fingerprint density at radius 1 is 1.64 bits per heavy atom. The highest BCUT2D eigenvalue weighted by Crippen LogP contribution is 2.14. The lowest BCUT2D eigenvalue weighted by molar-refractivity contribution is 0.354. The molecule has 11 heavy (non-hydrogen) atoms. The molecule has 1 N–H and O–H groups in total. The van der Waals surface area contributed by atoms with Gasteiger partial charge < -0.3 is 4.74 Å². The van der Waals surface area contributed by atoms with Crippen LogP contribution in [0.3, 0.4) is 0 Å². The summed E-state index contributed by atoms with van der Waals surface area (Å²) in [6, 6.07) is 1.62. The Bertz CT molecular complexity index is 299. The molecule has 0 radical (unpaired) electrons. The van der Waals surface area contributed by atoms with Crippen LogP contribution >= 0.6 is 11.3 Å². The third-order valence-corrected chi connectivity index (χ3v) is 1.95. The highest BCUT2D eigenvalue weighted by molar-refractivity contribution is 7.85. The zero-order valence-corrected chi connectivity index (χ0v) is 7.06. The molecule has 0 fully saturated rings. The topological polar surface area (TPSA) is 63.6 Å². The molecule has 1 rings (SSSR count). The van der Waals surface area contributed by atoms with Gasteiger partial charge >= 0.3 is 10.1 Å². The predicted octanol–water partition coefficient (Wildman–Crippen LogP) is 0.972. The summed E-state index contributed by atoms with van der Waals surface area (Å²) in [7, 11) is -4.02. The Hall–Kier alpha value is -0.590. The van der Waals surface area contributed by atoms with Gasteiger partial charge in [0.05, 0.1) is 0 Å². The fourth-order valence-electron chi connectivity index (χ4n) is 0.477. The molecular formula is C5H6O4S2. The first-order valence-electron chi connectivity index (χ1n) is 2.68. The number of hydrogen-bond donors (Lipinski definition) is 1. The maximum absolute atomic E-state index is 10.2. The van der Waals surface area contributed by atoms with Crippen LogP contribution in [0.1, 0.15) is 0 Å². The molecule has 0 aliphatic carbocycles. The number of hydrogen-bond acceptors (Lipinski definition) is 4. The fraction of sp³-hybridized carbons (Fsp3) is 0.200. The molecule has 62 valence electrons. The van der Waals surface area contributed by atoms with Gasteiger partial charge in [0.2, 0.25) is 5.94 Å². The highest BCUT2D eigenvalue weighted by Gasteiger charge is 2.04. The summed E-state index contributed by atoms with van der Waals surface area (Å²) in [6.07, 6.45) is 0. The average molecular weight is 194 g/mol. The van der Waals surface area contributed by atoms with Gasteiger partial charge in [-0.05, 0) is 11.4 Å². The zero-order valence-electron chi connectivity index (χ0n) is 5.43. The van der Waals surface area contributed by atoms with Crippen molar-refractivity contribution in [1.82, 2.24) is 0 Å². The van der Waals surface area contributed by atoms with E-state index < -0.39 is 16.1 Å². The van der Waals surface area contributed by atoms with Gasteiger partial charge in [0.15, 0.2) is 0 Å². The van der Waals surface area contributed by atoms with Crippen molar-refractivity contribution in [2.75, 3.05) is 5.94 Å². The molecule has 4 nitrogen and oxygen atoms in total. The molecule has 0 saturated heterocycles. The molecule has 0 aliphatic rings. The normalized spacial score (nSPS) is 11.4. The highest BCUT2D eigenvalue weighted by atomic mass is 32.2. The van der Waals surface area contributed by atoms with E-state index >= 15 is 0 Å². The monoisotopic (exact) mass is 194 g/mol. The molecule has 1 aromatic heterocycles. The Balaban J connectivity index is 2.48. The fourth-order valence-corrected chi connectivity index (χ4v) is 1.33. The summed E-state index contributed by atoms with van der Waals surface area (Å²) in [6.45, 7) is 0. The summed E-state index contributed by atoms with van der Waals surface area (Å²) in [5, 5.41) is 3.39. The minimum absolute atomic E-state index is 0.452. The van der Waals surface area contributed by atoms with Gasteiger partial charge in [-0.25, -0.2) is 0 Å². The van der Waals surface area contributed by atoms with Crippen molar-refractivity contribution in [3.8, 4) is 5.75 Å². The van der Waals surface area contributed by atoms with Crippen LogP contribution in [-0.2, 0) is 10.1 Å². The van der Waals surface area contributed by atoms with E-state index in [0.29, 0.717) is 5.75 Å². The minimum atomic E-state index is -4.02. The van der Waals surface area contributed by atoms with Crippen LogP contribution in [0.15, 0.2) is 16.8 Å². The lowest BCUT2D eigenvalue weighted by atomic mass is 10.6. The van der Waals surface area contributed by atoms with Crippen LogP contribution in [0.2, 0.25) is 0 Å². The van der Waals surface area contributed by atoms with E-state index in [2.05, 4.69) is 4.74 Å². The molecule has 1 heterocycles. The lowest BCUT2D eigenvalue weighted by Crippen LogP contribution is -2.09. The first-order chi connectivity index (χ1) is 5.08. The first-order valence-corrected chi connectivity index (χ1v) is 5.23. The zero-order chi connectivity index (χ0) is 8.32. The molecule has 0 aromatic carbocycles. The maximum atomic E-state index is 10.2. The van der Waals surface area contributed by atoms with E-state index in [1.807, 2.05) is 0 Å². The van der Waals surface area contributed by atoms with Gasteiger partial charge in [-0.3, -0.25) is 4.55 Å². The van der Waals surface area contributed by atoms with Crippen LogP contribution in [0, 0.1) is 0 Å². The van der Waals surface area contributed by atoms with Gasteiger partial charge in [-0.2, -0.15) is 8.42 Å². The van der Waals surface area contributed by atoms with E-state index in [1.165, 1.54) is 11.3 Å². The smallest absolute Gasteiger partial charge is 0.300 e. The van der Waals surface area contributed by atoms with E-state index in [0.717, 1.165) is 0 Å². The van der Waals surface area contributed by atoms with Crippen molar-refractivity contribution >= 4 is 21.5 Å². The summed E-state index contributed by atoms with van der Waals surface area (Å²) in [5.41, 5.74) is 0. The van der Waals surface area contributed by atoms with Crippen molar-refractivity contribution < 1.29 is 17.7 Å². The molecule has 0 saturated carbocycles.